The molecule has 0 aliphatic rings. The van der Waals surface area contributed by atoms with Crippen LogP contribution in [0.2, 0.25) is 0 Å². The zero-order valence-corrected chi connectivity index (χ0v) is 59.5. The summed E-state index contributed by atoms with van der Waals surface area (Å²) in [6, 6.07) is 28.0. The summed E-state index contributed by atoms with van der Waals surface area (Å²) in [5.41, 5.74) is 1.84. The van der Waals surface area contributed by atoms with Crippen LogP contribution < -0.4 is 88.7 Å². The zero-order chi connectivity index (χ0) is 64.7. The van der Waals surface area contributed by atoms with E-state index in [-0.39, 0.29) is 170 Å². The normalized spacial score (nSPS) is 12.3. The molecule has 36 heteroatoms. The standard InChI is InChI=1S/3C18H16N2O7S2.3Na/c3*1-10-7-11(2)16(28(22,23)24)8-14(10)19-20-15-9-17(29(25,26)27)12-5-3-4-6-13(12)18(15)21;;;/h3*3-9,21H,1-2H3,(H,22,23,24)(H,25,26,27);;;/q;;;3*+1/p-3. The molecule has 0 bridgehead atoms. The van der Waals surface area contributed by atoms with E-state index in [1.807, 2.05) is 0 Å². The summed E-state index contributed by atoms with van der Waals surface area (Å²) in [5.74, 6) is -1.18. The fourth-order valence-corrected chi connectivity index (χ4v) is 13.0. The van der Waals surface area contributed by atoms with Gasteiger partial charge in [-0.2, -0.15) is 40.6 Å². The Morgan fingerprint density at radius 2 is 0.456 bits per heavy atom. The summed E-state index contributed by atoms with van der Waals surface area (Å²) < 4.78 is 202. The molecule has 0 fully saturated rings. The number of aryl methyl sites for hydroxylation is 6. The van der Waals surface area contributed by atoms with Crippen molar-refractivity contribution in [3.8, 4) is 17.2 Å². The average Bonchev–Trinajstić information content (AvgIpc) is 1.26. The summed E-state index contributed by atoms with van der Waals surface area (Å²) in [6.45, 7) is 9.38. The van der Waals surface area contributed by atoms with Gasteiger partial charge in [0.2, 0.25) is 0 Å². The summed E-state index contributed by atoms with van der Waals surface area (Å²) in [5, 5.41) is 54.7. The Labute approximate surface area is 582 Å². The van der Waals surface area contributed by atoms with Crippen LogP contribution in [0.25, 0.3) is 32.3 Å². The Morgan fingerprint density at radius 3 is 0.644 bits per heavy atom. The summed E-state index contributed by atoms with van der Waals surface area (Å²) in [7, 11) is -28.1. The van der Waals surface area contributed by atoms with E-state index in [2.05, 4.69) is 30.7 Å². The van der Waals surface area contributed by atoms with Crippen LogP contribution in [0.1, 0.15) is 33.4 Å². The minimum absolute atomic E-state index is 0. The molecule has 0 aliphatic carbocycles. The van der Waals surface area contributed by atoms with Crippen molar-refractivity contribution in [3.63, 3.8) is 0 Å². The number of aromatic hydroxyl groups is 3. The van der Waals surface area contributed by atoms with Crippen LogP contribution in [0.3, 0.4) is 0 Å². The second-order valence-corrected chi connectivity index (χ2v) is 27.2. The van der Waals surface area contributed by atoms with E-state index in [0.717, 1.165) is 36.4 Å². The first-order valence-corrected chi connectivity index (χ1v) is 32.9. The number of nitrogens with zero attached hydrogens (tertiary/aromatic N) is 6. The van der Waals surface area contributed by atoms with Gasteiger partial charge in [0.05, 0.1) is 46.4 Å². The Hall–Kier alpha value is -5.58. The maximum Gasteiger partial charge on any atom is 1.00 e. The molecule has 0 aromatic heterocycles. The third kappa shape index (κ3) is 18.0. The molecule has 0 saturated heterocycles. The van der Waals surface area contributed by atoms with Gasteiger partial charge in [-0.25, -0.2) is 25.3 Å². The van der Waals surface area contributed by atoms with Gasteiger partial charge in [0.15, 0.2) is 17.2 Å². The number of phenolic OH excluding ortho intramolecular Hbond substituents is 3. The molecule has 0 amide bonds. The second-order valence-electron chi connectivity index (χ2n) is 19.0. The predicted molar refractivity (Wildman–Crippen MR) is 310 cm³/mol. The quantitative estimate of drug-likeness (QED) is 0.0580. The van der Waals surface area contributed by atoms with E-state index in [4.69, 9.17) is 0 Å². The van der Waals surface area contributed by atoms with Crippen molar-refractivity contribution in [1.29, 1.82) is 0 Å². The van der Waals surface area contributed by atoms with Crippen LogP contribution in [0, 0.1) is 41.5 Å². The van der Waals surface area contributed by atoms with Crippen LogP contribution in [-0.2, 0) is 60.7 Å². The van der Waals surface area contributed by atoms with E-state index in [0.29, 0.717) is 33.4 Å². The average molecular weight is 1380 g/mol. The number of fused-ring (bicyclic) bond motifs is 3. The van der Waals surface area contributed by atoms with Gasteiger partial charge in [-0.15, -0.1) is 15.3 Å². The Morgan fingerprint density at radius 1 is 0.278 bits per heavy atom. The largest absolute Gasteiger partial charge is 1.00 e. The molecule has 0 atom stereocenters. The maximum atomic E-state index is 11.6. The molecule has 0 unspecified atom stereocenters. The zero-order valence-electron chi connectivity index (χ0n) is 48.6. The van der Waals surface area contributed by atoms with E-state index >= 15 is 0 Å². The number of hydrogen-bond acceptors (Lipinski definition) is 24. The predicted octanol–water partition coefficient (Wildman–Crippen LogP) is 2.20. The van der Waals surface area contributed by atoms with E-state index < -0.39 is 92.6 Å². The molecule has 9 aromatic rings. The van der Waals surface area contributed by atoms with Crippen molar-refractivity contribution in [1.82, 2.24) is 0 Å². The van der Waals surface area contributed by atoms with Gasteiger partial charge in [0, 0.05) is 32.3 Å². The van der Waals surface area contributed by atoms with Crippen molar-refractivity contribution in [2.24, 2.45) is 30.7 Å². The van der Waals surface area contributed by atoms with E-state index in [1.165, 1.54) is 93.6 Å². The molecule has 9 rings (SSSR count). The molecule has 0 spiro atoms. The molecule has 90 heavy (non-hydrogen) atoms. The van der Waals surface area contributed by atoms with Crippen molar-refractivity contribution < 1.29 is 182 Å². The maximum absolute atomic E-state index is 11.6. The minimum atomic E-state index is -4.87. The molecule has 6 N–H and O–H groups in total. The van der Waals surface area contributed by atoms with Crippen molar-refractivity contribution in [2.75, 3.05) is 0 Å². The summed E-state index contributed by atoms with van der Waals surface area (Å²) >= 11 is 0. The molecular formula is C54H45N6Na3O21S6. The first kappa shape index (κ1) is 76.9. The van der Waals surface area contributed by atoms with E-state index in [9.17, 15) is 93.1 Å². The fraction of sp³-hybridized carbons (Fsp3) is 0.111. The smallest absolute Gasteiger partial charge is 0.744 e. The Kier molecular flexibility index (Phi) is 25.3. The fourth-order valence-electron chi connectivity index (χ4n) is 8.73. The Bertz CT molecular complexity index is 4670. The first-order valence-electron chi connectivity index (χ1n) is 24.3. The van der Waals surface area contributed by atoms with Gasteiger partial charge in [-0.05, 0) is 111 Å². The SMILES string of the molecule is Cc1cc(C)c(S(=O)(=O)O)cc1N=Nc1cc(S(=O)(=O)[O-])c2ccccc2c1O.Cc1cc(C)c(S(=O)(=O)O)cc1N=Nc1cc(S(=O)(=O)[O-])c2ccccc2c1O.Cc1cc(C)c(S(=O)(=O)O)cc1N=Nc1cc(S(=O)(=O)[O-])c2ccccc2c1O.[Na+].[Na+].[Na+]. The van der Waals surface area contributed by atoms with E-state index in [1.54, 1.807) is 39.0 Å². The Balaban J connectivity index is 0.000000284. The van der Waals surface area contributed by atoms with Gasteiger partial charge >= 0.3 is 88.7 Å². The van der Waals surface area contributed by atoms with Crippen molar-refractivity contribution >= 4 is 127 Å². The monoisotopic (exact) mass is 1370 g/mol. The van der Waals surface area contributed by atoms with Crippen LogP contribution in [0.5, 0.6) is 17.2 Å². The van der Waals surface area contributed by atoms with Gasteiger partial charge in [0.25, 0.3) is 30.4 Å². The number of rotatable bonds is 12. The first-order chi connectivity index (χ1) is 40.2. The van der Waals surface area contributed by atoms with Crippen molar-refractivity contribution in [3.05, 3.63) is 161 Å². The molecule has 0 radical (unpaired) electrons. The molecule has 0 aliphatic heterocycles. The van der Waals surface area contributed by atoms with Gasteiger partial charge < -0.3 is 29.0 Å². The topological polar surface area (TPSA) is 470 Å². The molecule has 9 aromatic carbocycles. The molecule has 0 saturated carbocycles. The third-order valence-corrected chi connectivity index (χ3v) is 18.4. The number of benzene rings is 9. The minimum Gasteiger partial charge on any atom is -0.744 e. The van der Waals surface area contributed by atoms with Gasteiger partial charge in [-0.3, -0.25) is 13.7 Å². The molecule has 27 nitrogen and oxygen atoms in total. The van der Waals surface area contributed by atoms with Gasteiger partial charge in [-0.1, -0.05) is 91.0 Å². The third-order valence-electron chi connectivity index (χ3n) is 12.8. The van der Waals surface area contributed by atoms with Crippen molar-refractivity contribution in [2.45, 2.75) is 70.9 Å². The molecule has 0 heterocycles. The number of hydrogen-bond donors (Lipinski definition) is 6. The van der Waals surface area contributed by atoms with Crippen LogP contribution in [0.15, 0.2) is 187 Å². The second kappa shape index (κ2) is 29.6. The summed E-state index contributed by atoms with van der Waals surface area (Å²) in [4.78, 5) is -2.79. The van der Waals surface area contributed by atoms with Gasteiger partial charge in [0.1, 0.15) is 47.4 Å². The van der Waals surface area contributed by atoms with Crippen LogP contribution in [-0.4, -0.2) is 93.1 Å². The molecule has 456 valence electrons. The number of azo groups is 3. The summed E-state index contributed by atoms with van der Waals surface area (Å²) in [6.07, 6.45) is 0. The van der Waals surface area contributed by atoms with Crippen LogP contribution in [0.4, 0.5) is 34.1 Å². The van der Waals surface area contributed by atoms with Crippen LogP contribution >= 0.6 is 0 Å². The number of phenols is 3. The molecular weight excluding hydrogens is 1330 g/mol.